The molecule has 1 saturated carbocycles. The van der Waals surface area contributed by atoms with Crippen LogP contribution in [-0.2, 0) is 11.3 Å². The van der Waals surface area contributed by atoms with Crippen LogP contribution < -0.4 is 10.9 Å². The maximum absolute atomic E-state index is 12.3. The second-order valence-electron chi connectivity index (χ2n) is 6.75. The summed E-state index contributed by atoms with van der Waals surface area (Å²) in [6, 6.07) is 7.81. The number of fused-ring (bicyclic) bond motifs is 1. The molecule has 0 spiro atoms. The van der Waals surface area contributed by atoms with Crippen molar-refractivity contribution in [3.05, 3.63) is 34.6 Å². The summed E-state index contributed by atoms with van der Waals surface area (Å²) >= 11 is 0. The molecule has 0 bridgehead atoms. The van der Waals surface area contributed by atoms with Gasteiger partial charge in [0.2, 0.25) is 5.91 Å². The SMILES string of the molecule is O=C(Cn1nnc2ccccc2c1=O)NCC1CCN(C2CC2)C1. The minimum Gasteiger partial charge on any atom is -0.354 e. The summed E-state index contributed by atoms with van der Waals surface area (Å²) < 4.78 is 1.13. The molecule has 1 aromatic carbocycles. The molecule has 24 heavy (non-hydrogen) atoms. The zero-order valence-electron chi connectivity index (χ0n) is 13.5. The van der Waals surface area contributed by atoms with Gasteiger partial charge in [0, 0.05) is 19.1 Å². The van der Waals surface area contributed by atoms with E-state index < -0.39 is 0 Å². The summed E-state index contributed by atoms with van der Waals surface area (Å²) in [5, 5.41) is 11.3. The van der Waals surface area contributed by atoms with Crippen LogP contribution in [0.2, 0.25) is 0 Å². The maximum Gasteiger partial charge on any atom is 0.278 e. The fourth-order valence-corrected chi connectivity index (χ4v) is 3.38. The van der Waals surface area contributed by atoms with E-state index in [-0.39, 0.29) is 18.0 Å². The highest BCUT2D eigenvalue weighted by Gasteiger charge is 2.34. The molecule has 1 N–H and O–H groups in total. The van der Waals surface area contributed by atoms with E-state index in [1.54, 1.807) is 24.3 Å². The van der Waals surface area contributed by atoms with Crippen LogP contribution in [0, 0.1) is 5.92 Å². The van der Waals surface area contributed by atoms with Crippen LogP contribution in [0.15, 0.2) is 29.1 Å². The van der Waals surface area contributed by atoms with E-state index in [1.165, 1.54) is 12.8 Å². The van der Waals surface area contributed by atoms with Gasteiger partial charge in [0.25, 0.3) is 5.56 Å². The fourth-order valence-electron chi connectivity index (χ4n) is 3.38. The zero-order chi connectivity index (χ0) is 16.5. The fraction of sp³-hybridized carbons (Fsp3) is 0.529. The molecule has 1 aliphatic heterocycles. The normalized spacial score (nSPS) is 21.2. The molecular weight excluding hydrogens is 306 g/mol. The van der Waals surface area contributed by atoms with Crippen LogP contribution in [0.4, 0.5) is 0 Å². The average Bonchev–Trinajstić information content (AvgIpc) is 3.34. The van der Waals surface area contributed by atoms with Crippen molar-refractivity contribution in [2.45, 2.75) is 31.8 Å². The molecular formula is C17H21N5O2. The van der Waals surface area contributed by atoms with E-state index in [9.17, 15) is 9.59 Å². The van der Waals surface area contributed by atoms with E-state index in [0.29, 0.717) is 23.4 Å². The van der Waals surface area contributed by atoms with Gasteiger partial charge in [0.1, 0.15) is 12.1 Å². The van der Waals surface area contributed by atoms with Gasteiger partial charge in [-0.15, -0.1) is 5.10 Å². The number of likely N-dealkylation sites (tertiary alicyclic amines) is 1. The summed E-state index contributed by atoms with van der Waals surface area (Å²) in [5.41, 5.74) is 0.266. The van der Waals surface area contributed by atoms with Crippen LogP contribution in [-0.4, -0.2) is 51.5 Å². The largest absolute Gasteiger partial charge is 0.354 e. The minimum atomic E-state index is -0.281. The van der Waals surface area contributed by atoms with E-state index >= 15 is 0 Å². The number of hydrogen-bond donors (Lipinski definition) is 1. The topological polar surface area (TPSA) is 80.1 Å². The van der Waals surface area contributed by atoms with Crippen LogP contribution in [0.5, 0.6) is 0 Å². The number of nitrogens with zero attached hydrogens (tertiary/aromatic N) is 4. The van der Waals surface area contributed by atoms with Gasteiger partial charge in [0.05, 0.1) is 5.39 Å². The van der Waals surface area contributed by atoms with Crippen LogP contribution >= 0.6 is 0 Å². The van der Waals surface area contributed by atoms with E-state index in [0.717, 1.165) is 30.2 Å². The first-order valence-electron chi connectivity index (χ1n) is 8.54. The molecule has 4 rings (SSSR count). The Kier molecular flexibility index (Phi) is 4.02. The van der Waals surface area contributed by atoms with Gasteiger partial charge in [-0.05, 0) is 43.9 Å². The van der Waals surface area contributed by atoms with Crippen LogP contribution in [0.25, 0.3) is 10.9 Å². The smallest absolute Gasteiger partial charge is 0.278 e. The van der Waals surface area contributed by atoms with Crippen molar-refractivity contribution in [1.82, 2.24) is 25.2 Å². The highest BCUT2D eigenvalue weighted by Crippen LogP contribution is 2.31. The lowest BCUT2D eigenvalue weighted by atomic mass is 10.1. The number of nitrogens with one attached hydrogen (secondary N) is 1. The van der Waals surface area contributed by atoms with Gasteiger partial charge in [-0.25, -0.2) is 4.68 Å². The van der Waals surface area contributed by atoms with Crippen molar-refractivity contribution in [3.8, 4) is 0 Å². The second-order valence-corrected chi connectivity index (χ2v) is 6.75. The molecule has 1 unspecified atom stereocenters. The lowest BCUT2D eigenvalue weighted by Gasteiger charge is -2.15. The number of amides is 1. The van der Waals surface area contributed by atoms with Crippen molar-refractivity contribution in [2.24, 2.45) is 5.92 Å². The lowest BCUT2D eigenvalue weighted by molar-refractivity contribution is -0.122. The summed E-state index contributed by atoms with van der Waals surface area (Å²) in [6.45, 7) is 2.79. The first-order valence-corrected chi connectivity index (χ1v) is 8.54. The van der Waals surface area contributed by atoms with Crippen molar-refractivity contribution >= 4 is 16.8 Å². The lowest BCUT2D eigenvalue weighted by Crippen LogP contribution is -2.37. The Hall–Kier alpha value is -2.28. The third-order valence-corrected chi connectivity index (χ3v) is 4.89. The Morgan fingerprint density at radius 3 is 2.92 bits per heavy atom. The minimum absolute atomic E-state index is 0.0876. The van der Waals surface area contributed by atoms with Crippen LogP contribution in [0.3, 0.4) is 0 Å². The summed E-state index contributed by atoms with van der Waals surface area (Å²) in [6.07, 6.45) is 3.78. The third-order valence-electron chi connectivity index (χ3n) is 4.89. The number of carbonyl (C=O) groups excluding carboxylic acids is 1. The van der Waals surface area contributed by atoms with Gasteiger partial charge in [0.15, 0.2) is 0 Å². The number of aromatic nitrogens is 3. The Bertz CT molecular complexity index is 814. The predicted molar refractivity (Wildman–Crippen MR) is 89.5 cm³/mol. The standard InChI is InChI=1S/C17H21N5O2/c23-16(18-9-12-7-8-21(10-12)13-5-6-13)11-22-17(24)14-3-1-2-4-15(14)19-20-22/h1-4,12-13H,5-11H2,(H,18,23). The summed E-state index contributed by atoms with van der Waals surface area (Å²) in [4.78, 5) is 27.0. The van der Waals surface area contributed by atoms with E-state index in [1.807, 2.05) is 0 Å². The number of rotatable bonds is 5. The first-order chi connectivity index (χ1) is 11.7. The van der Waals surface area contributed by atoms with Crippen molar-refractivity contribution < 1.29 is 4.79 Å². The maximum atomic E-state index is 12.3. The first kappa shape index (κ1) is 15.3. The second kappa shape index (κ2) is 6.32. The van der Waals surface area contributed by atoms with Gasteiger partial charge >= 0.3 is 0 Å². The number of carbonyl (C=O) groups is 1. The summed E-state index contributed by atoms with van der Waals surface area (Å²) in [7, 11) is 0. The monoisotopic (exact) mass is 327 g/mol. The Morgan fingerprint density at radius 2 is 2.08 bits per heavy atom. The van der Waals surface area contributed by atoms with Crippen molar-refractivity contribution in [3.63, 3.8) is 0 Å². The zero-order valence-corrected chi connectivity index (χ0v) is 13.5. The molecule has 126 valence electrons. The van der Waals surface area contributed by atoms with Crippen LogP contribution in [0.1, 0.15) is 19.3 Å². The Labute approximate surface area is 139 Å². The molecule has 1 aliphatic carbocycles. The van der Waals surface area contributed by atoms with Crippen molar-refractivity contribution in [2.75, 3.05) is 19.6 Å². The molecule has 2 fully saturated rings. The Morgan fingerprint density at radius 1 is 1.25 bits per heavy atom. The molecule has 2 aliphatic rings. The molecule has 1 aromatic heterocycles. The van der Waals surface area contributed by atoms with Gasteiger partial charge in [-0.1, -0.05) is 17.3 Å². The molecule has 7 nitrogen and oxygen atoms in total. The molecule has 2 heterocycles. The average molecular weight is 327 g/mol. The highest BCUT2D eigenvalue weighted by molar-refractivity contribution is 5.78. The Balaban J connectivity index is 1.34. The van der Waals surface area contributed by atoms with Crippen molar-refractivity contribution in [1.29, 1.82) is 0 Å². The molecule has 0 radical (unpaired) electrons. The van der Waals surface area contributed by atoms with E-state index in [4.69, 9.17) is 0 Å². The van der Waals surface area contributed by atoms with Gasteiger partial charge < -0.3 is 10.2 Å². The molecule has 2 aromatic rings. The van der Waals surface area contributed by atoms with Gasteiger partial charge in [-0.3, -0.25) is 9.59 Å². The van der Waals surface area contributed by atoms with Gasteiger partial charge in [-0.2, -0.15) is 0 Å². The molecule has 1 saturated heterocycles. The highest BCUT2D eigenvalue weighted by atomic mass is 16.2. The number of hydrogen-bond acceptors (Lipinski definition) is 5. The quantitative estimate of drug-likeness (QED) is 0.859. The number of benzene rings is 1. The third kappa shape index (κ3) is 3.17. The predicted octanol–water partition coefficient (Wildman–Crippen LogP) is 0.392. The molecule has 1 atom stereocenters. The van der Waals surface area contributed by atoms with E-state index in [2.05, 4.69) is 20.5 Å². The molecule has 1 amide bonds. The summed E-state index contributed by atoms with van der Waals surface area (Å²) in [5.74, 6) is 0.320. The molecule has 7 heteroatoms.